The van der Waals surface area contributed by atoms with E-state index in [2.05, 4.69) is 4.98 Å². The van der Waals surface area contributed by atoms with Crippen LogP contribution in [0.15, 0.2) is 71.8 Å². The summed E-state index contributed by atoms with van der Waals surface area (Å²) >= 11 is 3.13. The highest BCUT2D eigenvalue weighted by molar-refractivity contribution is 7.98. The van der Waals surface area contributed by atoms with Gasteiger partial charge in [0.15, 0.2) is 5.13 Å². The second-order valence-electron chi connectivity index (χ2n) is 6.50. The fourth-order valence-electron chi connectivity index (χ4n) is 3.03. The lowest BCUT2D eigenvalue weighted by atomic mass is 10.2. The Hall–Kier alpha value is -2.90. The monoisotopic (exact) mass is 435 g/mol. The minimum Gasteiger partial charge on any atom is -0.494 e. The van der Waals surface area contributed by atoms with E-state index in [4.69, 9.17) is 9.72 Å². The van der Waals surface area contributed by atoms with Gasteiger partial charge in [0.25, 0.3) is 5.91 Å². The number of hydrogen-bond acceptors (Lipinski definition) is 6. The minimum absolute atomic E-state index is 0.0996. The molecule has 0 unspecified atom stereocenters. The second-order valence-corrected chi connectivity index (χ2v) is 8.39. The Balaban J connectivity index is 1.72. The Morgan fingerprint density at radius 1 is 1.13 bits per heavy atom. The summed E-state index contributed by atoms with van der Waals surface area (Å²) in [6.07, 6.45) is 3.75. The summed E-state index contributed by atoms with van der Waals surface area (Å²) in [7, 11) is 0. The molecule has 0 spiro atoms. The van der Waals surface area contributed by atoms with Gasteiger partial charge in [-0.05, 0) is 67.8 Å². The number of carbonyl (C=O) groups is 1. The lowest BCUT2D eigenvalue weighted by Gasteiger charge is -2.19. The van der Waals surface area contributed by atoms with Crippen LogP contribution >= 0.6 is 23.1 Å². The molecule has 7 heteroatoms. The van der Waals surface area contributed by atoms with E-state index in [1.54, 1.807) is 22.9 Å². The average Bonchev–Trinajstić information content (AvgIpc) is 3.21. The van der Waals surface area contributed by atoms with Gasteiger partial charge in [0, 0.05) is 16.7 Å². The predicted octanol–water partition coefficient (Wildman–Crippen LogP) is 5.66. The highest BCUT2D eigenvalue weighted by atomic mass is 32.2. The van der Waals surface area contributed by atoms with E-state index >= 15 is 0 Å². The first-order valence-corrected chi connectivity index (χ1v) is 11.6. The van der Waals surface area contributed by atoms with Crippen molar-refractivity contribution in [3.63, 3.8) is 0 Å². The summed E-state index contributed by atoms with van der Waals surface area (Å²) in [4.78, 5) is 25.4. The fourth-order valence-corrected chi connectivity index (χ4v) is 4.43. The zero-order chi connectivity index (χ0) is 20.9. The molecule has 0 aliphatic heterocycles. The Kier molecular flexibility index (Phi) is 6.30. The molecule has 0 bridgehead atoms. The van der Waals surface area contributed by atoms with Gasteiger partial charge in [-0.15, -0.1) is 11.8 Å². The van der Waals surface area contributed by atoms with Crippen LogP contribution < -0.4 is 9.64 Å². The molecule has 4 aromatic rings. The zero-order valence-corrected chi connectivity index (χ0v) is 18.4. The number of nitrogens with zero attached hydrogens (tertiary/aromatic N) is 3. The number of benzene rings is 2. The summed E-state index contributed by atoms with van der Waals surface area (Å²) in [5.74, 6) is 0.702. The number of thioether (sulfide) groups is 1. The van der Waals surface area contributed by atoms with E-state index in [0.717, 1.165) is 26.6 Å². The summed E-state index contributed by atoms with van der Waals surface area (Å²) in [6.45, 7) is 2.91. The first-order valence-electron chi connectivity index (χ1n) is 9.57. The van der Waals surface area contributed by atoms with Gasteiger partial charge in [-0.1, -0.05) is 17.4 Å². The van der Waals surface area contributed by atoms with Gasteiger partial charge in [-0.25, -0.2) is 4.98 Å². The van der Waals surface area contributed by atoms with Crippen LogP contribution in [0.5, 0.6) is 5.75 Å². The Labute approximate surface area is 183 Å². The molecular formula is C23H21N3O2S2. The number of ether oxygens (including phenoxy) is 1. The topological polar surface area (TPSA) is 55.3 Å². The lowest BCUT2D eigenvalue weighted by molar-refractivity contribution is 0.0984. The molecule has 4 rings (SSSR count). The van der Waals surface area contributed by atoms with Crippen molar-refractivity contribution in [2.75, 3.05) is 17.8 Å². The molecule has 2 heterocycles. The van der Waals surface area contributed by atoms with Crippen molar-refractivity contribution in [2.45, 2.75) is 18.4 Å². The Morgan fingerprint density at radius 3 is 2.67 bits per heavy atom. The van der Waals surface area contributed by atoms with Gasteiger partial charge >= 0.3 is 0 Å². The number of carbonyl (C=O) groups excluding carboxylic acids is 1. The quantitative estimate of drug-likeness (QED) is 0.351. The van der Waals surface area contributed by atoms with E-state index in [-0.39, 0.29) is 5.91 Å². The van der Waals surface area contributed by atoms with E-state index < -0.39 is 0 Å². The molecule has 1 amide bonds. The van der Waals surface area contributed by atoms with Crippen molar-refractivity contribution in [1.82, 2.24) is 9.97 Å². The number of thiazole rings is 1. The zero-order valence-electron chi connectivity index (χ0n) is 16.7. The third-order valence-electron chi connectivity index (χ3n) is 4.52. The molecule has 0 aliphatic carbocycles. The first kappa shape index (κ1) is 20.4. The highest BCUT2D eigenvalue weighted by Gasteiger charge is 2.22. The molecule has 0 saturated carbocycles. The van der Waals surface area contributed by atoms with E-state index in [1.165, 1.54) is 11.3 Å². The van der Waals surface area contributed by atoms with E-state index in [1.807, 2.05) is 73.8 Å². The Bertz CT molecular complexity index is 1140. The van der Waals surface area contributed by atoms with Crippen molar-refractivity contribution in [3.8, 4) is 5.75 Å². The second kappa shape index (κ2) is 9.28. The number of rotatable bonds is 7. The van der Waals surface area contributed by atoms with Crippen molar-refractivity contribution < 1.29 is 9.53 Å². The van der Waals surface area contributed by atoms with Crippen LogP contribution in [0, 0.1) is 0 Å². The number of aromatic nitrogens is 2. The normalized spacial score (nSPS) is 10.9. The maximum absolute atomic E-state index is 13.4. The molecule has 0 saturated heterocycles. The molecular weight excluding hydrogens is 414 g/mol. The van der Waals surface area contributed by atoms with Gasteiger partial charge in [0.1, 0.15) is 5.75 Å². The van der Waals surface area contributed by atoms with Crippen LogP contribution in [0.25, 0.3) is 10.2 Å². The largest absolute Gasteiger partial charge is 0.494 e. The van der Waals surface area contributed by atoms with Gasteiger partial charge < -0.3 is 4.74 Å². The molecule has 0 fully saturated rings. The molecule has 30 heavy (non-hydrogen) atoms. The number of hydrogen-bond donors (Lipinski definition) is 0. The van der Waals surface area contributed by atoms with E-state index in [9.17, 15) is 4.79 Å². The van der Waals surface area contributed by atoms with Crippen molar-refractivity contribution in [2.24, 2.45) is 0 Å². The fraction of sp³-hybridized carbons (Fsp3) is 0.174. The maximum atomic E-state index is 13.4. The number of fused-ring (bicyclic) bond motifs is 1. The molecule has 2 aromatic heterocycles. The SMILES string of the molecule is CCOc1ccc2nc(N(Cc3ccccn3)C(=O)c3ccc(SC)cc3)sc2c1. The summed E-state index contributed by atoms with van der Waals surface area (Å²) in [6, 6.07) is 19.1. The molecule has 0 aliphatic rings. The van der Waals surface area contributed by atoms with Gasteiger partial charge in [-0.2, -0.15) is 0 Å². The molecule has 152 valence electrons. The summed E-state index contributed by atoms with van der Waals surface area (Å²) in [5.41, 5.74) is 2.27. The van der Waals surface area contributed by atoms with E-state index in [0.29, 0.717) is 23.8 Å². The maximum Gasteiger partial charge on any atom is 0.260 e. The Morgan fingerprint density at radius 2 is 1.97 bits per heavy atom. The molecule has 0 N–H and O–H groups in total. The minimum atomic E-state index is -0.0996. The molecule has 2 aromatic carbocycles. The number of pyridine rings is 1. The smallest absolute Gasteiger partial charge is 0.260 e. The van der Waals surface area contributed by atoms with Gasteiger partial charge in [0.2, 0.25) is 0 Å². The van der Waals surface area contributed by atoms with Crippen LogP contribution in [0.1, 0.15) is 23.0 Å². The van der Waals surface area contributed by atoms with Crippen LogP contribution in [-0.2, 0) is 6.54 Å². The van der Waals surface area contributed by atoms with Crippen molar-refractivity contribution >= 4 is 44.4 Å². The predicted molar refractivity (Wildman–Crippen MR) is 124 cm³/mol. The van der Waals surface area contributed by atoms with Crippen LogP contribution in [0.2, 0.25) is 0 Å². The highest BCUT2D eigenvalue weighted by Crippen LogP contribution is 2.33. The molecule has 0 radical (unpaired) electrons. The average molecular weight is 436 g/mol. The van der Waals surface area contributed by atoms with Gasteiger partial charge in [0.05, 0.1) is 29.1 Å². The molecule has 0 atom stereocenters. The van der Waals surface area contributed by atoms with Crippen LogP contribution in [0.4, 0.5) is 5.13 Å². The van der Waals surface area contributed by atoms with Crippen LogP contribution in [-0.4, -0.2) is 28.7 Å². The summed E-state index contributed by atoms with van der Waals surface area (Å²) in [5, 5.41) is 0.642. The summed E-state index contributed by atoms with van der Waals surface area (Å²) < 4.78 is 6.58. The van der Waals surface area contributed by atoms with Crippen molar-refractivity contribution in [3.05, 3.63) is 78.1 Å². The lowest BCUT2D eigenvalue weighted by Crippen LogP contribution is -2.30. The number of anilines is 1. The number of amides is 1. The van der Waals surface area contributed by atoms with Crippen LogP contribution in [0.3, 0.4) is 0 Å². The van der Waals surface area contributed by atoms with Crippen molar-refractivity contribution in [1.29, 1.82) is 0 Å². The first-order chi connectivity index (χ1) is 14.7. The third kappa shape index (κ3) is 4.47. The molecule has 5 nitrogen and oxygen atoms in total. The third-order valence-corrected chi connectivity index (χ3v) is 6.30. The standard InChI is InChI=1S/C23H21N3O2S2/c1-3-28-18-9-12-20-21(14-18)30-23(25-20)26(15-17-6-4-5-13-24-17)22(27)16-7-10-19(29-2)11-8-16/h4-14H,3,15H2,1-2H3. The van der Waals surface area contributed by atoms with Gasteiger partial charge in [-0.3, -0.25) is 14.7 Å².